The molecular weight excluding hydrogens is 400 g/mol. The van der Waals surface area contributed by atoms with Gasteiger partial charge in [0.1, 0.15) is 23.3 Å². The number of hydrogen-bond acceptors (Lipinski definition) is 6. The van der Waals surface area contributed by atoms with Gasteiger partial charge >= 0.3 is 0 Å². The molecule has 1 unspecified atom stereocenters. The van der Waals surface area contributed by atoms with Gasteiger partial charge in [-0.2, -0.15) is 0 Å². The number of ether oxygens (including phenoxy) is 1. The molecule has 9 heteroatoms. The van der Waals surface area contributed by atoms with Crippen LogP contribution in [0.3, 0.4) is 0 Å². The molecular formula is C22H20N4O5. The first kappa shape index (κ1) is 19.1. The van der Waals surface area contributed by atoms with Gasteiger partial charge < -0.3 is 19.1 Å². The van der Waals surface area contributed by atoms with Crippen LogP contribution in [0.15, 0.2) is 58.0 Å². The first-order valence-electron chi connectivity index (χ1n) is 9.86. The fourth-order valence-corrected chi connectivity index (χ4v) is 4.56. The summed E-state index contributed by atoms with van der Waals surface area (Å²) in [5, 5.41) is 3.82. The predicted octanol–water partition coefficient (Wildman–Crippen LogP) is 1.62. The number of carbonyl (C=O) groups excluding carboxylic acids is 2. The minimum Gasteiger partial charge on any atom is -0.497 e. The Kier molecular flexibility index (Phi) is 4.21. The van der Waals surface area contributed by atoms with Gasteiger partial charge in [0.15, 0.2) is 5.66 Å². The SMILES string of the molecule is COc1ccc(C23Cn4c(cccc4=O)C(=O)N2CCN3C(=O)c2conc2C)cc1. The average Bonchev–Trinajstić information content (AvgIpc) is 3.39. The van der Waals surface area contributed by atoms with Crippen molar-refractivity contribution in [3.05, 3.63) is 81.6 Å². The van der Waals surface area contributed by atoms with Crippen LogP contribution < -0.4 is 10.3 Å². The molecule has 0 spiro atoms. The van der Waals surface area contributed by atoms with Crippen molar-refractivity contribution in [1.82, 2.24) is 19.5 Å². The van der Waals surface area contributed by atoms with Crippen molar-refractivity contribution in [2.24, 2.45) is 0 Å². The van der Waals surface area contributed by atoms with Crippen molar-refractivity contribution in [3.63, 3.8) is 0 Å². The molecule has 2 aromatic heterocycles. The highest BCUT2D eigenvalue weighted by atomic mass is 16.5. The zero-order chi connectivity index (χ0) is 21.8. The Morgan fingerprint density at radius 1 is 1.13 bits per heavy atom. The Balaban J connectivity index is 1.73. The molecule has 5 rings (SSSR count). The zero-order valence-electron chi connectivity index (χ0n) is 17.1. The molecule has 1 aromatic carbocycles. The number of benzene rings is 1. The van der Waals surface area contributed by atoms with Gasteiger partial charge in [-0.25, -0.2) is 0 Å². The molecule has 4 heterocycles. The van der Waals surface area contributed by atoms with E-state index in [0.29, 0.717) is 41.4 Å². The number of hydrogen-bond donors (Lipinski definition) is 0. The molecule has 1 fully saturated rings. The Bertz CT molecular complexity index is 1250. The van der Waals surface area contributed by atoms with Crippen LogP contribution in [-0.2, 0) is 12.2 Å². The largest absolute Gasteiger partial charge is 0.497 e. The van der Waals surface area contributed by atoms with E-state index < -0.39 is 5.66 Å². The Morgan fingerprint density at radius 3 is 2.58 bits per heavy atom. The number of methoxy groups -OCH3 is 1. The maximum atomic E-state index is 13.6. The molecule has 0 saturated carbocycles. The lowest BCUT2D eigenvalue weighted by Gasteiger charge is -2.47. The second kappa shape index (κ2) is 6.83. The molecule has 0 radical (unpaired) electrons. The summed E-state index contributed by atoms with van der Waals surface area (Å²) < 4.78 is 11.7. The summed E-state index contributed by atoms with van der Waals surface area (Å²) in [6.45, 7) is 2.46. The number of nitrogens with zero attached hydrogens (tertiary/aromatic N) is 4. The summed E-state index contributed by atoms with van der Waals surface area (Å²) in [5.41, 5.74) is 0.359. The first-order valence-corrected chi connectivity index (χ1v) is 9.86. The number of rotatable bonds is 3. The van der Waals surface area contributed by atoms with Crippen LogP contribution in [0, 0.1) is 6.92 Å². The third-order valence-electron chi connectivity index (χ3n) is 6.11. The van der Waals surface area contributed by atoms with Gasteiger partial charge in [0.2, 0.25) is 0 Å². The predicted molar refractivity (Wildman–Crippen MR) is 109 cm³/mol. The van der Waals surface area contributed by atoms with E-state index in [9.17, 15) is 14.4 Å². The monoisotopic (exact) mass is 420 g/mol. The van der Waals surface area contributed by atoms with Crippen LogP contribution >= 0.6 is 0 Å². The number of aromatic nitrogens is 2. The van der Waals surface area contributed by atoms with Crippen LogP contribution in [0.5, 0.6) is 5.75 Å². The lowest BCUT2D eigenvalue weighted by molar-refractivity contribution is -0.00703. The summed E-state index contributed by atoms with van der Waals surface area (Å²) in [6, 6.07) is 11.8. The highest BCUT2D eigenvalue weighted by Crippen LogP contribution is 2.43. The highest BCUT2D eigenvalue weighted by molar-refractivity contribution is 5.98. The smallest absolute Gasteiger partial charge is 0.272 e. The molecule has 31 heavy (non-hydrogen) atoms. The zero-order valence-corrected chi connectivity index (χ0v) is 17.1. The normalized spacial score (nSPS) is 19.9. The molecule has 9 nitrogen and oxygen atoms in total. The van der Waals surface area contributed by atoms with Gasteiger partial charge in [0.05, 0.1) is 19.3 Å². The van der Waals surface area contributed by atoms with E-state index in [-0.39, 0.29) is 23.9 Å². The molecule has 0 aliphatic carbocycles. The minimum atomic E-state index is -1.16. The van der Waals surface area contributed by atoms with Gasteiger partial charge in [0, 0.05) is 24.7 Å². The molecule has 2 aliphatic rings. The molecule has 2 amide bonds. The van der Waals surface area contributed by atoms with Crippen LogP contribution in [0.4, 0.5) is 0 Å². The van der Waals surface area contributed by atoms with Crippen LogP contribution in [0.2, 0.25) is 0 Å². The maximum absolute atomic E-state index is 13.6. The molecule has 158 valence electrons. The van der Waals surface area contributed by atoms with Gasteiger partial charge in [-0.15, -0.1) is 0 Å². The van der Waals surface area contributed by atoms with Crippen LogP contribution in [0.25, 0.3) is 0 Å². The second-order valence-electron chi connectivity index (χ2n) is 7.61. The highest BCUT2D eigenvalue weighted by Gasteiger charge is 2.56. The van der Waals surface area contributed by atoms with Crippen molar-refractivity contribution in [1.29, 1.82) is 0 Å². The summed E-state index contributed by atoms with van der Waals surface area (Å²) in [5.74, 6) is 0.0477. The van der Waals surface area contributed by atoms with Gasteiger partial charge in [-0.05, 0) is 25.1 Å². The van der Waals surface area contributed by atoms with E-state index in [1.807, 2.05) is 12.1 Å². The lowest BCUT2D eigenvalue weighted by atomic mass is 9.93. The Labute approximate surface area is 177 Å². The maximum Gasteiger partial charge on any atom is 0.272 e. The quantitative estimate of drug-likeness (QED) is 0.639. The van der Waals surface area contributed by atoms with Gasteiger partial charge in [0.25, 0.3) is 17.4 Å². The Morgan fingerprint density at radius 2 is 1.90 bits per heavy atom. The van der Waals surface area contributed by atoms with Crippen molar-refractivity contribution in [3.8, 4) is 5.75 Å². The number of amides is 2. The fourth-order valence-electron chi connectivity index (χ4n) is 4.56. The second-order valence-corrected chi connectivity index (χ2v) is 7.61. The average molecular weight is 420 g/mol. The molecule has 0 bridgehead atoms. The summed E-state index contributed by atoms with van der Waals surface area (Å²) in [4.78, 5) is 43.0. The fraction of sp³-hybridized carbons (Fsp3) is 0.273. The van der Waals surface area contributed by atoms with E-state index in [4.69, 9.17) is 9.26 Å². The molecule has 0 N–H and O–H groups in total. The minimum absolute atomic E-state index is 0.121. The van der Waals surface area contributed by atoms with Crippen LogP contribution in [-0.4, -0.2) is 51.5 Å². The summed E-state index contributed by atoms with van der Waals surface area (Å²) in [7, 11) is 1.57. The molecule has 2 aliphatic heterocycles. The Hall–Kier alpha value is -3.88. The third-order valence-corrected chi connectivity index (χ3v) is 6.11. The molecule has 1 atom stereocenters. The number of fused-ring (bicyclic) bond motifs is 2. The van der Waals surface area contributed by atoms with Gasteiger partial charge in [-0.1, -0.05) is 23.4 Å². The van der Waals surface area contributed by atoms with Crippen molar-refractivity contribution < 1.29 is 18.8 Å². The van der Waals surface area contributed by atoms with E-state index in [2.05, 4.69) is 5.16 Å². The lowest BCUT2D eigenvalue weighted by Crippen LogP contribution is -2.61. The van der Waals surface area contributed by atoms with Crippen LogP contribution in [0.1, 0.15) is 32.1 Å². The molecule has 3 aromatic rings. The topological polar surface area (TPSA) is 97.9 Å². The van der Waals surface area contributed by atoms with Crippen molar-refractivity contribution >= 4 is 11.8 Å². The van der Waals surface area contributed by atoms with E-state index >= 15 is 0 Å². The van der Waals surface area contributed by atoms with E-state index in [0.717, 1.165) is 0 Å². The van der Waals surface area contributed by atoms with Crippen molar-refractivity contribution in [2.75, 3.05) is 20.2 Å². The summed E-state index contributed by atoms with van der Waals surface area (Å²) >= 11 is 0. The molecule has 1 saturated heterocycles. The summed E-state index contributed by atoms with van der Waals surface area (Å²) in [6.07, 6.45) is 1.31. The van der Waals surface area contributed by atoms with Gasteiger partial charge in [-0.3, -0.25) is 19.0 Å². The third kappa shape index (κ3) is 2.62. The number of carbonyl (C=O) groups is 2. The number of aryl methyl sites for hydroxylation is 1. The van der Waals surface area contributed by atoms with E-state index in [1.54, 1.807) is 48.1 Å². The first-order chi connectivity index (χ1) is 15.0. The number of pyridine rings is 1. The van der Waals surface area contributed by atoms with Crippen molar-refractivity contribution in [2.45, 2.75) is 19.1 Å². The standard InChI is InChI=1S/C22H20N4O5/c1-14-17(12-31-23-14)20(28)25-10-11-26-21(29)18-4-3-5-19(27)24(18)13-22(25,26)15-6-8-16(30-2)9-7-15/h3-9,12H,10-11,13H2,1-2H3. The van der Waals surface area contributed by atoms with E-state index in [1.165, 1.54) is 16.9 Å².